The lowest BCUT2D eigenvalue weighted by atomic mass is 10.3. The maximum atomic E-state index is 11.3. The largest absolute Gasteiger partial charge is 0.389 e. The standard InChI is InChI=1S/C5H11O3PS/c1-5-3-4-7-9(6,8-5)10-2/h5H,3-4H2,1-2H3/t5-,9-/m0/s1. The van der Waals surface area contributed by atoms with Gasteiger partial charge in [-0.1, -0.05) is 0 Å². The smallest absolute Gasteiger partial charge is 0.301 e. The molecular weight excluding hydrogens is 171 g/mol. The summed E-state index contributed by atoms with van der Waals surface area (Å²) < 4.78 is 21.4. The predicted octanol–water partition coefficient (Wildman–Crippen LogP) is 2.28. The molecule has 1 rings (SSSR count). The summed E-state index contributed by atoms with van der Waals surface area (Å²) in [7, 11) is 0. The van der Waals surface area contributed by atoms with Crippen molar-refractivity contribution in [1.29, 1.82) is 0 Å². The lowest BCUT2D eigenvalue weighted by Gasteiger charge is -2.25. The molecule has 0 saturated carbocycles. The summed E-state index contributed by atoms with van der Waals surface area (Å²) in [6.07, 6.45) is 2.65. The molecular formula is C5H11O3PS. The zero-order chi connectivity index (χ0) is 7.61. The number of rotatable bonds is 1. The average molecular weight is 182 g/mol. The van der Waals surface area contributed by atoms with Crippen LogP contribution in [-0.2, 0) is 13.6 Å². The third-order valence-electron chi connectivity index (χ3n) is 1.31. The van der Waals surface area contributed by atoms with Crippen LogP contribution in [0.1, 0.15) is 13.3 Å². The van der Waals surface area contributed by atoms with Crippen LogP contribution in [0.25, 0.3) is 0 Å². The highest BCUT2D eigenvalue weighted by Crippen LogP contribution is 2.61. The van der Waals surface area contributed by atoms with Gasteiger partial charge in [-0.05, 0) is 31.0 Å². The van der Waals surface area contributed by atoms with E-state index in [4.69, 9.17) is 9.05 Å². The molecule has 0 aromatic heterocycles. The van der Waals surface area contributed by atoms with Crippen LogP contribution in [0.15, 0.2) is 0 Å². The summed E-state index contributed by atoms with van der Waals surface area (Å²) in [6.45, 7) is -0.271. The first-order valence-corrected chi connectivity index (χ1v) is 6.52. The molecule has 3 nitrogen and oxygen atoms in total. The molecule has 0 aliphatic carbocycles. The molecule has 1 saturated heterocycles. The topological polar surface area (TPSA) is 35.5 Å². The monoisotopic (exact) mass is 182 g/mol. The lowest BCUT2D eigenvalue weighted by Crippen LogP contribution is -2.15. The Morgan fingerprint density at radius 3 is 2.80 bits per heavy atom. The molecule has 2 atom stereocenters. The van der Waals surface area contributed by atoms with Crippen LogP contribution in [0.4, 0.5) is 0 Å². The van der Waals surface area contributed by atoms with Gasteiger partial charge >= 0.3 is 6.80 Å². The highest BCUT2D eigenvalue weighted by molar-refractivity contribution is 8.54. The Bertz CT molecular complexity index is 161. The van der Waals surface area contributed by atoms with E-state index in [1.54, 1.807) is 6.26 Å². The molecule has 0 aromatic rings. The number of hydrogen-bond donors (Lipinski definition) is 0. The quantitative estimate of drug-likeness (QED) is 0.583. The van der Waals surface area contributed by atoms with Crippen molar-refractivity contribution in [2.45, 2.75) is 19.4 Å². The van der Waals surface area contributed by atoms with Crippen molar-refractivity contribution in [3.8, 4) is 0 Å². The van der Waals surface area contributed by atoms with Gasteiger partial charge in [0.1, 0.15) is 0 Å². The van der Waals surface area contributed by atoms with E-state index in [0.717, 1.165) is 17.8 Å². The zero-order valence-corrected chi connectivity index (χ0v) is 7.78. The van der Waals surface area contributed by atoms with Crippen molar-refractivity contribution in [2.75, 3.05) is 12.9 Å². The zero-order valence-electron chi connectivity index (χ0n) is 6.07. The van der Waals surface area contributed by atoms with Crippen LogP contribution >= 0.6 is 18.2 Å². The first kappa shape index (κ1) is 8.60. The molecule has 0 radical (unpaired) electrons. The van der Waals surface area contributed by atoms with Crippen molar-refractivity contribution >= 4 is 18.2 Å². The maximum Gasteiger partial charge on any atom is 0.389 e. The van der Waals surface area contributed by atoms with Crippen molar-refractivity contribution in [2.24, 2.45) is 0 Å². The van der Waals surface area contributed by atoms with Crippen LogP contribution in [0.2, 0.25) is 0 Å². The molecule has 60 valence electrons. The van der Waals surface area contributed by atoms with Crippen LogP contribution in [0, 0.1) is 0 Å². The third-order valence-corrected chi connectivity index (χ3v) is 4.79. The van der Waals surface area contributed by atoms with Crippen LogP contribution in [0.3, 0.4) is 0 Å². The molecule has 0 bridgehead atoms. The minimum Gasteiger partial charge on any atom is -0.301 e. The average Bonchev–Trinajstić information content (AvgIpc) is 1.88. The normalized spacial score (nSPS) is 41.6. The molecule has 0 aromatic carbocycles. The van der Waals surface area contributed by atoms with Gasteiger partial charge in [0.2, 0.25) is 0 Å². The van der Waals surface area contributed by atoms with E-state index >= 15 is 0 Å². The highest BCUT2D eigenvalue weighted by atomic mass is 32.7. The summed E-state index contributed by atoms with van der Waals surface area (Å²) in [5, 5.41) is 0. The van der Waals surface area contributed by atoms with Gasteiger partial charge in [0.15, 0.2) is 0 Å². The molecule has 0 N–H and O–H groups in total. The molecule has 1 fully saturated rings. The maximum absolute atomic E-state index is 11.3. The van der Waals surface area contributed by atoms with E-state index in [9.17, 15) is 4.57 Å². The fourth-order valence-corrected chi connectivity index (χ4v) is 3.10. The second-order valence-corrected chi connectivity index (χ2v) is 6.33. The SMILES string of the molecule is CS[P@@]1(=O)OCC[C@H](C)O1. The van der Waals surface area contributed by atoms with E-state index in [0.29, 0.717) is 6.61 Å². The van der Waals surface area contributed by atoms with Gasteiger partial charge in [-0.3, -0.25) is 4.52 Å². The van der Waals surface area contributed by atoms with Crippen LogP contribution < -0.4 is 0 Å². The summed E-state index contributed by atoms with van der Waals surface area (Å²) in [6, 6.07) is 0. The summed E-state index contributed by atoms with van der Waals surface area (Å²) in [5.41, 5.74) is 0. The summed E-state index contributed by atoms with van der Waals surface area (Å²) in [4.78, 5) is 0. The predicted molar refractivity (Wildman–Crippen MR) is 42.2 cm³/mol. The van der Waals surface area contributed by atoms with Gasteiger partial charge in [0.25, 0.3) is 0 Å². The van der Waals surface area contributed by atoms with Crippen molar-refractivity contribution < 1.29 is 13.6 Å². The van der Waals surface area contributed by atoms with E-state index in [-0.39, 0.29) is 6.10 Å². The van der Waals surface area contributed by atoms with E-state index in [1.807, 2.05) is 6.92 Å². The van der Waals surface area contributed by atoms with Gasteiger partial charge in [0.05, 0.1) is 12.7 Å². The second-order valence-electron chi connectivity index (χ2n) is 2.17. The Hall–Kier alpha value is 0.500. The fourth-order valence-electron chi connectivity index (χ4n) is 0.730. The Kier molecular flexibility index (Phi) is 2.81. The van der Waals surface area contributed by atoms with Gasteiger partial charge in [-0.15, -0.1) is 0 Å². The molecule has 0 spiro atoms. The highest BCUT2D eigenvalue weighted by Gasteiger charge is 2.30. The van der Waals surface area contributed by atoms with E-state index in [1.165, 1.54) is 0 Å². The van der Waals surface area contributed by atoms with Crippen molar-refractivity contribution in [1.82, 2.24) is 0 Å². The number of hydrogen-bond acceptors (Lipinski definition) is 4. The van der Waals surface area contributed by atoms with Crippen LogP contribution in [0.5, 0.6) is 0 Å². The minimum atomic E-state index is -2.73. The molecule has 10 heavy (non-hydrogen) atoms. The Morgan fingerprint density at radius 2 is 2.40 bits per heavy atom. The minimum absolute atomic E-state index is 0.0760. The van der Waals surface area contributed by atoms with Gasteiger partial charge in [-0.2, -0.15) is 0 Å². The molecule has 5 heteroatoms. The van der Waals surface area contributed by atoms with Crippen molar-refractivity contribution in [3.63, 3.8) is 0 Å². The van der Waals surface area contributed by atoms with Crippen LogP contribution in [-0.4, -0.2) is 19.0 Å². The fraction of sp³-hybridized carbons (Fsp3) is 1.00. The first-order chi connectivity index (χ1) is 4.66. The molecule has 0 amide bonds. The van der Waals surface area contributed by atoms with E-state index < -0.39 is 6.80 Å². The van der Waals surface area contributed by atoms with Gasteiger partial charge in [-0.25, -0.2) is 4.57 Å². The Balaban J connectivity index is 2.54. The van der Waals surface area contributed by atoms with E-state index in [2.05, 4.69) is 0 Å². The molecule has 0 unspecified atom stereocenters. The Morgan fingerprint density at radius 1 is 1.70 bits per heavy atom. The lowest BCUT2D eigenvalue weighted by molar-refractivity contribution is 0.104. The van der Waals surface area contributed by atoms with Crippen molar-refractivity contribution in [3.05, 3.63) is 0 Å². The molecule has 1 aliphatic heterocycles. The first-order valence-electron chi connectivity index (χ1n) is 3.15. The summed E-state index contributed by atoms with van der Waals surface area (Å²) in [5.74, 6) is 0. The molecule has 1 aliphatic rings. The molecule has 1 heterocycles. The van der Waals surface area contributed by atoms with Gasteiger partial charge in [0, 0.05) is 0 Å². The summed E-state index contributed by atoms with van der Waals surface area (Å²) >= 11 is 1.16. The third kappa shape index (κ3) is 1.99. The van der Waals surface area contributed by atoms with Gasteiger partial charge < -0.3 is 4.52 Å². The Labute approximate surface area is 64.8 Å². The second kappa shape index (κ2) is 3.26.